The molecule has 1 spiro atoms. The number of rotatable bonds is 1. The van der Waals surface area contributed by atoms with Gasteiger partial charge in [0.15, 0.2) is 5.75 Å². The zero-order chi connectivity index (χ0) is 13.3. The molecule has 19 heavy (non-hydrogen) atoms. The van der Waals surface area contributed by atoms with Gasteiger partial charge in [-0.15, -0.1) is 0 Å². The largest absolute Gasteiger partial charge is 0.490 e. The second-order valence-corrected chi connectivity index (χ2v) is 5.52. The lowest BCUT2D eigenvalue weighted by Gasteiger charge is -2.26. The molecule has 1 aliphatic heterocycles. The molecule has 0 bridgehead atoms. The van der Waals surface area contributed by atoms with Crippen molar-refractivity contribution in [1.29, 1.82) is 0 Å². The van der Waals surface area contributed by atoms with Crippen molar-refractivity contribution < 1.29 is 14.3 Å². The first-order valence-corrected chi connectivity index (χ1v) is 6.82. The minimum Gasteiger partial charge on any atom is -0.490 e. The third kappa shape index (κ3) is 2.15. The molecule has 1 aromatic rings. The summed E-state index contributed by atoms with van der Waals surface area (Å²) >= 11 is 0. The number of methoxy groups -OCH3 is 1. The standard InChI is InChI=1S/C15H19NO3/c1-18-14(17)11-5-4-6-12-13(11)19-10-15(9-16-12)7-2-3-8-15/h4-6,16H,2-3,7-10H2,1H3. The summed E-state index contributed by atoms with van der Waals surface area (Å²) < 4.78 is 10.8. The number of esters is 1. The molecular formula is C15H19NO3. The predicted molar refractivity (Wildman–Crippen MR) is 72.7 cm³/mol. The summed E-state index contributed by atoms with van der Waals surface area (Å²) in [6.45, 7) is 1.60. The van der Waals surface area contributed by atoms with Crippen molar-refractivity contribution in [2.45, 2.75) is 25.7 Å². The van der Waals surface area contributed by atoms with Crippen LogP contribution in [0.2, 0.25) is 0 Å². The van der Waals surface area contributed by atoms with E-state index in [4.69, 9.17) is 9.47 Å². The summed E-state index contributed by atoms with van der Waals surface area (Å²) in [7, 11) is 1.39. The summed E-state index contributed by atoms with van der Waals surface area (Å²) in [5.74, 6) is 0.291. The summed E-state index contributed by atoms with van der Waals surface area (Å²) in [6, 6.07) is 5.56. The van der Waals surface area contributed by atoms with Crippen molar-refractivity contribution in [2.75, 3.05) is 25.6 Å². The zero-order valence-corrected chi connectivity index (χ0v) is 11.2. The highest BCUT2D eigenvalue weighted by Crippen LogP contribution is 2.43. The number of hydrogen-bond donors (Lipinski definition) is 1. The molecule has 1 aliphatic carbocycles. The van der Waals surface area contributed by atoms with Gasteiger partial charge in [-0.1, -0.05) is 18.9 Å². The van der Waals surface area contributed by atoms with Crippen LogP contribution in [0.25, 0.3) is 0 Å². The van der Waals surface area contributed by atoms with E-state index in [0.717, 1.165) is 12.2 Å². The summed E-state index contributed by atoms with van der Waals surface area (Å²) in [5.41, 5.74) is 1.63. The number of anilines is 1. The summed E-state index contributed by atoms with van der Waals surface area (Å²) in [6.07, 6.45) is 4.93. The van der Waals surface area contributed by atoms with E-state index in [0.29, 0.717) is 17.9 Å². The molecular weight excluding hydrogens is 242 g/mol. The maximum absolute atomic E-state index is 11.8. The number of carbonyl (C=O) groups is 1. The van der Waals surface area contributed by atoms with Gasteiger partial charge in [0, 0.05) is 12.0 Å². The lowest BCUT2D eigenvalue weighted by Crippen LogP contribution is -2.31. The number of nitrogens with one attached hydrogen (secondary N) is 1. The van der Waals surface area contributed by atoms with Crippen LogP contribution in [0, 0.1) is 5.41 Å². The zero-order valence-electron chi connectivity index (χ0n) is 11.2. The highest BCUT2D eigenvalue weighted by atomic mass is 16.5. The molecule has 1 saturated carbocycles. The molecule has 0 atom stereocenters. The SMILES string of the molecule is COC(=O)c1cccc2c1OCC1(CCCC1)CN2. The van der Waals surface area contributed by atoms with Crippen LogP contribution in [-0.2, 0) is 4.74 Å². The Labute approximate surface area is 113 Å². The Morgan fingerprint density at radius 2 is 2.16 bits per heavy atom. The highest BCUT2D eigenvalue weighted by Gasteiger charge is 2.37. The molecule has 4 nitrogen and oxygen atoms in total. The fourth-order valence-corrected chi connectivity index (χ4v) is 3.11. The topological polar surface area (TPSA) is 47.6 Å². The second kappa shape index (κ2) is 4.76. The highest BCUT2D eigenvalue weighted by molar-refractivity contribution is 5.94. The lowest BCUT2D eigenvalue weighted by atomic mass is 9.87. The molecule has 4 heteroatoms. The summed E-state index contributed by atoms with van der Waals surface area (Å²) in [5, 5.41) is 3.44. The van der Waals surface area contributed by atoms with Crippen LogP contribution in [-0.4, -0.2) is 26.2 Å². The average molecular weight is 261 g/mol. The molecule has 2 aliphatic rings. The maximum atomic E-state index is 11.8. The molecule has 3 rings (SSSR count). The first kappa shape index (κ1) is 12.3. The third-order valence-electron chi connectivity index (χ3n) is 4.26. The van der Waals surface area contributed by atoms with Gasteiger partial charge in [0.05, 0.1) is 19.4 Å². The third-order valence-corrected chi connectivity index (χ3v) is 4.26. The Morgan fingerprint density at radius 3 is 2.89 bits per heavy atom. The van der Waals surface area contributed by atoms with Gasteiger partial charge in [0.1, 0.15) is 5.56 Å². The van der Waals surface area contributed by atoms with Gasteiger partial charge in [0.25, 0.3) is 0 Å². The van der Waals surface area contributed by atoms with E-state index in [1.165, 1.54) is 32.8 Å². The van der Waals surface area contributed by atoms with E-state index >= 15 is 0 Å². The number of fused-ring (bicyclic) bond motifs is 1. The van der Waals surface area contributed by atoms with Gasteiger partial charge >= 0.3 is 5.97 Å². The Bertz CT molecular complexity index is 492. The number of benzene rings is 1. The number of ether oxygens (including phenoxy) is 2. The maximum Gasteiger partial charge on any atom is 0.341 e. The first-order chi connectivity index (χ1) is 9.24. The summed E-state index contributed by atoms with van der Waals surface area (Å²) in [4.78, 5) is 11.8. The van der Waals surface area contributed by atoms with Crippen molar-refractivity contribution >= 4 is 11.7 Å². The van der Waals surface area contributed by atoms with Crippen molar-refractivity contribution in [3.8, 4) is 5.75 Å². The normalized spacial score (nSPS) is 20.1. The van der Waals surface area contributed by atoms with E-state index in [9.17, 15) is 4.79 Å². The molecule has 1 fully saturated rings. The minimum atomic E-state index is -0.346. The van der Waals surface area contributed by atoms with Gasteiger partial charge in [-0.3, -0.25) is 0 Å². The molecule has 1 aromatic carbocycles. The van der Waals surface area contributed by atoms with Gasteiger partial charge in [-0.2, -0.15) is 0 Å². The quantitative estimate of drug-likeness (QED) is 0.790. The Hall–Kier alpha value is -1.71. The number of para-hydroxylation sites is 1. The van der Waals surface area contributed by atoms with E-state index < -0.39 is 0 Å². The fourth-order valence-electron chi connectivity index (χ4n) is 3.11. The van der Waals surface area contributed by atoms with Crippen molar-refractivity contribution in [1.82, 2.24) is 0 Å². The molecule has 0 amide bonds. The van der Waals surface area contributed by atoms with Crippen LogP contribution < -0.4 is 10.1 Å². The first-order valence-electron chi connectivity index (χ1n) is 6.82. The van der Waals surface area contributed by atoms with Crippen LogP contribution in [0.15, 0.2) is 18.2 Å². The van der Waals surface area contributed by atoms with E-state index in [2.05, 4.69) is 5.32 Å². The molecule has 0 radical (unpaired) electrons. The van der Waals surface area contributed by atoms with Crippen molar-refractivity contribution in [3.63, 3.8) is 0 Å². The van der Waals surface area contributed by atoms with Crippen LogP contribution in [0.1, 0.15) is 36.0 Å². The molecule has 0 aromatic heterocycles. The monoisotopic (exact) mass is 261 g/mol. The smallest absolute Gasteiger partial charge is 0.341 e. The molecule has 0 unspecified atom stereocenters. The lowest BCUT2D eigenvalue weighted by molar-refractivity contribution is 0.0593. The van der Waals surface area contributed by atoms with E-state index in [1.807, 2.05) is 12.1 Å². The number of carbonyl (C=O) groups excluding carboxylic acids is 1. The van der Waals surface area contributed by atoms with Gasteiger partial charge in [-0.05, 0) is 25.0 Å². The molecule has 1 heterocycles. The van der Waals surface area contributed by atoms with Crippen molar-refractivity contribution in [2.24, 2.45) is 5.41 Å². The fraction of sp³-hybridized carbons (Fsp3) is 0.533. The van der Waals surface area contributed by atoms with Gasteiger partial charge in [-0.25, -0.2) is 4.79 Å². The van der Waals surface area contributed by atoms with Crippen LogP contribution in [0.3, 0.4) is 0 Å². The van der Waals surface area contributed by atoms with E-state index in [-0.39, 0.29) is 11.4 Å². The average Bonchev–Trinajstić information content (AvgIpc) is 2.82. The van der Waals surface area contributed by atoms with Crippen LogP contribution in [0.4, 0.5) is 5.69 Å². The molecule has 0 saturated heterocycles. The van der Waals surface area contributed by atoms with Crippen LogP contribution in [0.5, 0.6) is 5.75 Å². The molecule has 102 valence electrons. The Morgan fingerprint density at radius 1 is 1.37 bits per heavy atom. The number of hydrogen-bond acceptors (Lipinski definition) is 4. The van der Waals surface area contributed by atoms with Crippen LogP contribution >= 0.6 is 0 Å². The molecule has 1 N–H and O–H groups in total. The van der Waals surface area contributed by atoms with Gasteiger partial charge < -0.3 is 14.8 Å². The minimum absolute atomic E-state index is 0.229. The second-order valence-electron chi connectivity index (χ2n) is 5.52. The predicted octanol–water partition coefficient (Wildman–Crippen LogP) is 2.84. The Balaban J connectivity index is 1.92. The van der Waals surface area contributed by atoms with Gasteiger partial charge in [0.2, 0.25) is 0 Å². The Kier molecular flexibility index (Phi) is 3.09. The van der Waals surface area contributed by atoms with Crippen molar-refractivity contribution in [3.05, 3.63) is 23.8 Å². The van der Waals surface area contributed by atoms with E-state index in [1.54, 1.807) is 6.07 Å².